The first-order chi connectivity index (χ1) is 11.6. The molecule has 1 N–H and O–H groups in total. The molecule has 3 rings (SSSR count). The molecule has 5 nitrogen and oxygen atoms in total. The summed E-state index contributed by atoms with van der Waals surface area (Å²) >= 11 is 0. The Kier molecular flexibility index (Phi) is 4.29. The lowest BCUT2D eigenvalue weighted by atomic mass is 10.0. The first-order valence-corrected chi connectivity index (χ1v) is 7.22. The number of ketones is 1. The van der Waals surface area contributed by atoms with Crippen LogP contribution in [0.3, 0.4) is 0 Å². The number of carbonyl (C=O) groups is 2. The highest BCUT2D eigenvalue weighted by Gasteiger charge is 2.18. The first-order valence-electron chi connectivity index (χ1n) is 7.22. The highest BCUT2D eigenvalue weighted by Crippen LogP contribution is 2.35. The number of halogens is 1. The molecule has 24 heavy (non-hydrogen) atoms. The minimum absolute atomic E-state index is 0.0620. The quantitative estimate of drug-likeness (QED) is 0.679. The molecule has 0 spiro atoms. The van der Waals surface area contributed by atoms with E-state index in [-0.39, 0.29) is 18.6 Å². The molecule has 122 valence electrons. The van der Waals surface area contributed by atoms with E-state index in [9.17, 15) is 14.0 Å². The minimum Gasteiger partial charge on any atom is -0.481 e. The standard InChI is InChI=1S/C18H13FO5/c19-14-4-2-1-3-13(14)18-12(7-8-23-18)11-9-16(24-10-11)15(20)5-6-17(21)22/h1-4,7-10H,5-6H2,(H,21,22). The molecular formula is C18H13FO5. The Morgan fingerprint density at radius 1 is 1.04 bits per heavy atom. The summed E-state index contributed by atoms with van der Waals surface area (Å²) in [7, 11) is 0. The zero-order chi connectivity index (χ0) is 17.1. The number of hydrogen-bond donors (Lipinski definition) is 1. The van der Waals surface area contributed by atoms with Crippen molar-refractivity contribution in [3.8, 4) is 22.5 Å². The van der Waals surface area contributed by atoms with Gasteiger partial charge in [0.1, 0.15) is 11.6 Å². The molecule has 0 saturated carbocycles. The molecular weight excluding hydrogens is 315 g/mol. The van der Waals surface area contributed by atoms with Crippen molar-refractivity contribution in [3.63, 3.8) is 0 Å². The largest absolute Gasteiger partial charge is 0.481 e. The van der Waals surface area contributed by atoms with E-state index < -0.39 is 17.6 Å². The van der Waals surface area contributed by atoms with E-state index >= 15 is 0 Å². The van der Waals surface area contributed by atoms with Crippen LogP contribution in [0, 0.1) is 5.82 Å². The van der Waals surface area contributed by atoms with E-state index in [1.165, 1.54) is 24.7 Å². The molecule has 3 aromatic rings. The molecule has 2 aromatic heterocycles. The van der Waals surface area contributed by atoms with Crippen LogP contribution in [0.2, 0.25) is 0 Å². The summed E-state index contributed by atoms with van der Waals surface area (Å²) in [6.07, 6.45) is 2.38. The Hall–Kier alpha value is -3.15. The van der Waals surface area contributed by atoms with Gasteiger partial charge in [-0.25, -0.2) is 4.39 Å². The Labute approximate surface area is 136 Å². The molecule has 0 unspecified atom stereocenters. The summed E-state index contributed by atoms with van der Waals surface area (Å²) in [4.78, 5) is 22.4. The van der Waals surface area contributed by atoms with Crippen molar-refractivity contribution < 1.29 is 27.9 Å². The van der Waals surface area contributed by atoms with Crippen molar-refractivity contribution in [1.82, 2.24) is 0 Å². The van der Waals surface area contributed by atoms with Gasteiger partial charge < -0.3 is 13.9 Å². The molecule has 0 amide bonds. The van der Waals surface area contributed by atoms with Crippen molar-refractivity contribution in [2.45, 2.75) is 12.8 Å². The van der Waals surface area contributed by atoms with Gasteiger partial charge in [-0.1, -0.05) is 12.1 Å². The maximum atomic E-state index is 14.0. The van der Waals surface area contributed by atoms with Crippen LogP contribution in [-0.4, -0.2) is 16.9 Å². The molecule has 1 aromatic carbocycles. The van der Waals surface area contributed by atoms with Gasteiger partial charge in [0.05, 0.1) is 24.5 Å². The van der Waals surface area contributed by atoms with Crippen LogP contribution < -0.4 is 0 Å². The van der Waals surface area contributed by atoms with Gasteiger partial charge in [0, 0.05) is 17.5 Å². The van der Waals surface area contributed by atoms with Crippen molar-refractivity contribution in [2.24, 2.45) is 0 Å². The van der Waals surface area contributed by atoms with E-state index in [2.05, 4.69) is 0 Å². The number of carboxylic acids is 1. The second-order valence-electron chi connectivity index (χ2n) is 5.16. The zero-order valence-electron chi connectivity index (χ0n) is 12.5. The molecule has 0 fully saturated rings. The Bertz CT molecular complexity index is 890. The second-order valence-corrected chi connectivity index (χ2v) is 5.16. The molecule has 0 aliphatic heterocycles. The van der Waals surface area contributed by atoms with Crippen molar-refractivity contribution in [3.05, 3.63) is 60.5 Å². The molecule has 0 saturated heterocycles. The fourth-order valence-corrected chi connectivity index (χ4v) is 2.36. The minimum atomic E-state index is -1.05. The average Bonchev–Trinajstić information content (AvgIpc) is 3.21. The van der Waals surface area contributed by atoms with Gasteiger partial charge in [-0.2, -0.15) is 0 Å². The van der Waals surface area contributed by atoms with Crippen LogP contribution in [-0.2, 0) is 4.79 Å². The molecule has 2 heterocycles. The van der Waals surface area contributed by atoms with Crippen LogP contribution in [0.4, 0.5) is 4.39 Å². The van der Waals surface area contributed by atoms with E-state index in [0.717, 1.165) is 0 Å². The van der Waals surface area contributed by atoms with Crippen LogP contribution in [0.25, 0.3) is 22.5 Å². The number of hydrogen-bond acceptors (Lipinski definition) is 4. The summed E-state index contributed by atoms with van der Waals surface area (Å²) in [5.74, 6) is -1.48. The zero-order valence-corrected chi connectivity index (χ0v) is 12.5. The number of Topliss-reactive ketones (excluding diaryl/α,β-unsaturated/α-hetero) is 1. The van der Waals surface area contributed by atoms with Crippen molar-refractivity contribution >= 4 is 11.8 Å². The van der Waals surface area contributed by atoms with Gasteiger partial charge in [-0.15, -0.1) is 0 Å². The Balaban J connectivity index is 1.90. The van der Waals surface area contributed by atoms with E-state index in [0.29, 0.717) is 22.5 Å². The predicted molar refractivity (Wildman–Crippen MR) is 83.0 cm³/mol. The second kappa shape index (κ2) is 6.54. The van der Waals surface area contributed by atoms with Gasteiger partial charge in [0.2, 0.25) is 0 Å². The monoisotopic (exact) mass is 328 g/mol. The van der Waals surface area contributed by atoms with Crippen LogP contribution in [0.1, 0.15) is 23.4 Å². The lowest BCUT2D eigenvalue weighted by Crippen LogP contribution is -2.02. The SMILES string of the molecule is O=C(O)CCC(=O)c1cc(-c2ccoc2-c2ccccc2F)co1. The number of furan rings is 2. The number of rotatable bonds is 6. The topological polar surface area (TPSA) is 80.6 Å². The molecule has 0 radical (unpaired) electrons. The van der Waals surface area contributed by atoms with Crippen LogP contribution in [0.5, 0.6) is 0 Å². The molecule has 0 aliphatic rings. The number of carboxylic acid groups (broad SMARTS) is 1. The third kappa shape index (κ3) is 3.12. The number of benzene rings is 1. The van der Waals surface area contributed by atoms with E-state index in [1.807, 2.05) is 0 Å². The van der Waals surface area contributed by atoms with Crippen LogP contribution >= 0.6 is 0 Å². The lowest BCUT2D eigenvalue weighted by molar-refractivity contribution is -0.136. The smallest absolute Gasteiger partial charge is 0.303 e. The maximum Gasteiger partial charge on any atom is 0.303 e. The molecule has 0 bridgehead atoms. The average molecular weight is 328 g/mol. The number of carbonyl (C=O) groups excluding carboxylic acids is 1. The predicted octanol–water partition coefficient (Wildman–Crippen LogP) is 4.39. The summed E-state index contributed by atoms with van der Waals surface area (Å²) in [5.41, 5.74) is 1.44. The molecule has 0 atom stereocenters. The third-order valence-electron chi connectivity index (χ3n) is 3.53. The molecule has 0 aliphatic carbocycles. The fourth-order valence-electron chi connectivity index (χ4n) is 2.36. The fraction of sp³-hybridized carbons (Fsp3) is 0.111. The van der Waals surface area contributed by atoms with Gasteiger partial charge in [0.25, 0.3) is 0 Å². The van der Waals surface area contributed by atoms with E-state index in [4.69, 9.17) is 13.9 Å². The van der Waals surface area contributed by atoms with Gasteiger partial charge >= 0.3 is 5.97 Å². The van der Waals surface area contributed by atoms with Crippen molar-refractivity contribution in [2.75, 3.05) is 0 Å². The normalized spacial score (nSPS) is 10.7. The Morgan fingerprint density at radius 3 is 2.58 bits per heavy atom. The lowest BCUT2D eigenvalue weighted by Gasteiger charge is -2.02. The molecule has 6 heteroatoms. The maximum absolute atomic E-state index is 14.0. The van der Waals surface area contributed by atoms with Crippen LogP contribution in [0.15, 0.2) is 57.8 Å². The summed E-state index contributed by atoms with van der Waals surface area (Å²) in [5, 5.41) is 8.62. The van der Waals surface area contributed by atoms with E-state index in [1.54, 1.807) is 24.3 Å². The van der Waals surface area contributed by atoms with Gasteiger partial charge in [-0.3, -0.25) is 9.59 Å². The number of aliphatic carboxylic acids is 1. The highest BCUT2D eigenvalue weighted by molar-refractivity contribution is 5.96. The first kappa shape index (κ1) is 15.7. The summed E-state index contributed by atoms with van der Waals surface area (Å²) in [6, 6.07) is 9.35. The highest BCUT2D eigenvalue weighted by atomic mass is 19.1. The van der Waals surface area contributed by atoms with Gasteiger partial charge in [0.15, 0.2) is 11.5 Å². The summed E-state index contributed by atoms with van der Waals surface area (Å²) in [6.45, 7) is 0. The summed E-state index contributed by atoms with van der Waals surface area (Å²) < 4.78 is 24.6. The van der Waals surface area contributed by atoms with Gasteiger partial charge in [-0.05, 0) is 24.3 Å². The Morgan fingerprint density at radius 2 is 1.83 bits per heavy atom. The van der Waals surface area contributed by atoms with Crippen molar-refractivity contribution in [1.29, 1.82) is 0 Å². The third-order valence-corrected chi connectivity index (χ3v) is 3.53.